The number of hydrogen-bond donors (Lipinski definition) is 0. The Kier molecular flexibility index (Phi) is 4.17. The average molecular weight is 291 g/mol. The molecule has 8 nitrogen and oxygen atoms in total. The maximum Gasteiger partial charge on any atom is 0.390 e. The third-order valence-corrected chi connectivity index (χ3v) is 2.84. The summed E-state index contributed by atoms with van der Waals surface area (Å²) in [5, 5.41) is 14.6. The van der Waals surface area contributed by atoms with Crippen LogP contribution in [0, 0.1) is 10.1 Å². The lowest BCUT2D eigenvalue weighted by molar-refractivity contribution is -0.389. The molecule has 0 radical (unpaired) electrons. The summed E-state index contributed by atoms with van der Waals surface area (Å²) in [6.45, 7) is 0.211. The molecule has 0 spiro atoms. The van der Waals surface area contributed by atoms with Crippen LogP contribution in [0.3, 0.4) is 0 Å². The summed E-state index contributed by atoms with van der Waals surface area (Å²) in [6.07, 6.45) is 0. The number of hydrogen-bond acceptors (Lipinski definition) is 6. The molecule has 2 rings (SSSR count). The third-order valence-electron chi connectivity index (χ3n) is 2.84. The van der Waals surface area contributed by atoms with Crippen molar-refractivity contribution < 1.29 is 19.2 Å². The molecule has 1 aromatic heterocycles. The van der Waals surface area contributed by atoms with Gasteiger partial charge >= 0.3 is 11.8 Å². The van der Waals surface area contributed by atoms with E-state index in [4.69, 9.17) is 4.74 Å². The van der Waals surface area contributed by atoms with E-state index >= 15 is 0 Å². The quantitative estimate of drug-likeness (QED) is 0.472. The van der Waals surface area contributed by atoms with E-state index in [0.717, 1.165) is 11.6 Å². The van der Waals surface area contributed by atoms with Crippen LogP contribution in [-0.4, -0.2) is 34.9 Å². The predicted molar refractivity (Wildman–Crippen MR) is 72.3 cm³/mol. The first-order valence-electron chi connectivity index (χ1n) is 5.98. The van der Waals surface area contributed by atoms with E-state index in [-0.39, 0.29) is 12.2 Å². The Labute approximate surface area is 120 Å². The second kappa shape index (κ2) is 6.04. The van der Waals surface area contributed by atoms with Gasteiger partial charge in [0.05, 0.1) is 31.9 Å². The van der Waals surface area contributed by atoms with Gasteiger partial charge in [-0.15, -0.1) is 0 Å². The number of benzene rings is 1. The van der Waals surface area contributed by atoms with Gasteiger partial charge in [-0.05, 0) is 22.6 Å². The Balaban J connectivity index is 2.32. The highest BCUT2D eigenvalue weighted by molar-refractivity contribution is 5.88. The first-order valence-corrected chi connectivity index (χ1v) is 5.98. The molecule has 2 aromatic rings. The highest BCUT2D eigenvalue weighted by Crippen LogP contribution is 2.17. The van der Waals surface area contributed by atoms with Crippen LogP contribution < -0.4 is 4.74 Å². The van der Waals surface area contributed by atoms with E-state index in [1.807, 2.05) is 0 Å². The number of ether oxygens (including phenoxy) is 2. The van der Waals surface area contributed by atoms with Gasteiger partial charge in [0.2, 0.25) is 0 Å². The van der Waals surface area contributed by atoms with Crippen LogP contribution in [0.15, 0.2) is 30.3 Å². The minimum absolute atomic E-state index is 0.0278. The van der Waals surface area contributed by atoms with E-state index in [2.05, 4.69) is 9.84 Å². The lowest BCUT2D eigenvalue weighted by Gasteiger charge is -2.04. The number of nitrogens with zero attached hydrogens (tertiary/aromatic N) is 3. The second-order valence-electron chi connectivity index (χ2n) is 4.14. The summed E-state index contributed by atoms with van der Waals surface area (Å²) in [5.41, 5.74) is 0.846. The topological polar surface area (TPSA) is 96.5 Å². The number of rotatable bonds is 5. The Morgan fingerprint density at radius 1 is 1.33 bits per heavy atom. The van der Waals surface area contributed by atoms with Gasteiger partial charge in [0, 0.05) is 0 Å². The zero-order valence-electron chi connectivity index (χ0n) is 11.5. The van der Waals surface area contributed by atoms with Gasteiger partial charge in [-0.1, -0.05) is 12.1 Å². The molecule has 0 aliphatic carbocycles. The van der Waals surface area contributed by atoms with E-state index in [1.165, 1.54) is 11.8 Å². The molecule has 1 aromatic carbocycles. The highest BCUT2D eigenvalue weighted by atomic mass is 16.6. The van der Waals surface area contributed by atoms with Crippen molar-refractivity contribution in [1.29, 1.82) is 0 Å². The number of carbonyl (C=O) groups excluding carboxylic acids is 1. The molecule has 1 heterocycles. The maximum absolute atomic E-state index is 11.6. The SMILES string of the molecule is COC(=O)c1cc([N+](=O)[O-])nn1Cc1ccc(OC)cc1. The van der Waals surface area contributed by atoms with Crippen molar-refractivity contribution in [1.82, 2.24) is 9.78 Å². The van der Waals surface area contributed by atoms with E-state index in [1.54, 1.807) is 31.4 Å². The molecule has 0 bridgehead atoms. The molecule has 0 saturated heterocycles. The molecule has 0 N–H and O–H groups in total. The summed E-state index contributed by atoms with van der Waals surface area (Å²) < 4.78 is 10.9. The standard InChI is InChI=1S/C13H13N3O5/c1-20-10-5-3-9(4-6-10)8-15-11(13(17)21-2)7-12(14-15)16(18)19/h3-7H,8H2,1-2H3. The van der Waals surface area contributed by atoms with Crippen molar-refractivity contribution in [2.24, 2.45) is 0 Å². The average Bonchev–Trinajstić information content (AvgIpc) is 2.91. The summed E-state index contributed by atoms with van der Waals surface area (Å²) in [5.74, 6) is -0.383. The van der Waals surface area contributed by atoms with Gasteiger partial charge in [0.25, 0.3) is 0 Å². The summed E-state index contributed by atoms with van der Waals surface area (Å²) in [7, 11) is 2.76. The summed E-state index contributed by atoms with van der Waals surface area (Å²) in [6, 6.07) is 8.17. The molecule has 110 valence electrons. The molecule has 0 aliphatic heterocycles. The Hall–Kier alpha value is -2.90. The normalized spacial score (nSPS) is 10.2. The number of methoxy groups -OCH3 is 2. The van der Waals surface area contributed by atoms with Gasteiger partial charge in [0.1, 0.15) is 5.75 Å². The largest absolute Gasteiger partial charge is 0.497 e. The van der Waals surface area contributed by atoms with Gasteiger partial charge in [-0.3, -0.25) is 0 Å². The van der Waals surface area contributed by atoms with Gasteiger partial charge in [0.15, 0.2) is 5.69 Å². The molecule has 0 unspecified atom stereocenters. The van der Waals surface area contributed by atoms with E-state index < -0.39 is 16.7 Å². The Morgan fingerprint density at radius 2 is 2.00 bits per heavy atom. The number of aromatic nitrogens is 2. The molecular weight excluding hydrogens is 278 g/mol. The van der Waals surface area contributed by atoms with Crippen LogP contribution in [0.5, 0.6) is 5.75 Å². The molecule has 0 aliphatic rings. The van der Waals surface area contributed by atoms with Gasteiger partial charge in [-0.25, -0.2) is 4.79 Å². The second-order valence-corrected chi connectivity index (χ2v) is 4.14. The van der Waals surface area contributed by atoms with Crippen LogP contribution in [0.25, 0.3) is 0 Å². The fourth-order valence-electron chi connectivity index (χ4n) is 1.79. The zero-order valence-corrected chi connectivity index (χ0v) is 11.5. The third kappa shape index (κ3) is 3.16. The fourth-order valence-corrected chi connectivity index (χ4v) is 1.79. The minimum atomic E-state index is -0.677. The number of esters is 1. The van der Waals surface area contributed by atoms with Crippen molar-refractivity contribution in [2.45, 2.75) is 6.54 Å². The van der Waals surface area contributed by atoms with Crippen molar-refractivity contribution in [3.8, 4) is 5.75 Å². The predicted octanol–water partition coefficient (Wildman–Crippen LogP) is 1.63. The minimum Gasteiger partial charge on any atom is -0.497 e. The Bertz CT molecular complexity index is 663. The first-order chi connectivity index (χ1) is 10.0. The zero-order chi connectivity index (χ0) is 15.4. The van der Waals surface area contributed by atoms with Crippen molar-refractivity contribution in [2.75, 3.05) is 14.2 Å². The molecule has 0 amide bonds. The highest BCUT2D eigenvalue weighted by Gasteiger charge is 2.23. The molecule has 0 atom stereocenters. The number of carbonyl (C=O) groups is 1. The van der Waals surface area contributed by atoms with Crippen LogP contribution >= 0.6 is 0 Å². The Morgan fingerprint density at radius 3 is 2.52 bits per heavy atom. The lowest BCUT2D eigenvalue weighted by Crippen LogP contribution is -2.12. The molecular formula is C13H13N3O5. The van der Waals surface area contributed by atoms with Crippen LogP contribution in [0.2, 0.25) is 0 Å². The molecule has 8 heteroatoms. The van der Waals surface area contributed by atoms with Crippen molar-refractivity contribution >= 4 is 11.8 Å². The van der Waals surface area contributed by atoms with Crippen LogP contribution in [-0.2, 0) is 11.3 Å². The monoisotopic (exact) mass is 291 g/mol. The molecule has 0 saturated carbocycles. The summed E-state index contributed by atoms with van der Waals surface area (Å²) >= 11 is 0. The van der Waals surface area contributed by atoms with Crippen LogP contribution in [0.4, 0.5) is 5.82 Å². The van der Waals surface area contributed by atoms with E-state index in [9.17, 15) is 14.9 Å². The first kappa shape index (κ1) is 14.5. The molecule has 21 heavy (non-hydrogen) atoms. The smallest absolute Gasteiger partial charge is 0.390 e. The summed E-state index contributed by atoms with van der Waals surface area (Å²) in [4.78, 5) is 21.8. The fraction of sp³-hybridized carbons (Fsp3) is 0.231. The molecule has 0 fully saturated rings. The van der Waals surface area contributed by atoms with Crippen molar-refractivity contribution in [3.63, 3.8) is 0 Å². The van der Waals surface area contributed by atoms with Gasteiger partial charge in [-0.2, -0.15) is 4.68 Å². The van der Waals surface area contributed by atoms with E-state index in [0.29, 0.717) is 5.75 Å². The van der Waals surface area contributed by atoms with Gasteiger partial charge < -0.3 is 19.6 Å². The maximum atomic E-state index is 11.6. The lowest BCUT2D eigenvalue weighted by atomic mass is 10.2. The number of nitro groups is 1. The van der Waals surface area contributed by atoms with Crippen molar-refractivity contribution in [3.05, 3.63) is 51.7 Å². The van der Waals surface area contributed by atoms with Crippen LogP contribution in [0.1, 0.15) is 16.1 Å².